The van der Waals surface area contributed by atoms with Crippen molar-refractivity contribution in [3.8, 4) is 0 Å². The van der Waals surface area contributed by atoms with Crippen LogP contribution in [0.25, 0.3) is 0 Å². The van der Waals surface area contributed by atoms with Crippen LogP contribution in [0.3, 0.4) is 0 Å². The van der Waals surface area contributed by atoms with Gasteiger partial charge in [-0.2, -0.15) is 11.8 Å². The summed E-state index contributed by atoms with van der Waals surface area (Å²) in [7, 11) is 0. The van der Waals surface area contributed by atoms with E-state index in [0.29, 0.717) is 0 Å². The molecule has 4 nitrogen and oxygen atoms in total. The summed E-state index contributed by atoms with van der Waals surface area (Å²) in [6, 6.07) is 9.65. The second kappa shape index (κ2) is 7.46. The molecule has 3 N–H and O–H groups in total. The number of nitrogens with two attached hydrogens (primary N) is 1. The van der Waals surface area contributed by atoms with Crippen molar-refractivity contribution in [3.05, 3.63) is 35.9 Å². The van der Waals surface area contributed by atoms with Gasteiger partial charge in [-0.3, -0.25) is 9.69 Å². The average Bonchev–Trinajstić information content (AvgIpc) is 3.11. The molecule has 1 saturated heterocycles. The van der Waals surface area contributed by atoms with Crippen molar-refractivity contribution in [1.82, 2.24) is 10.2 Å². The monoisotopic (exact) mass is 347 g/mol. The second-order valence-electron chi connectivity index (χ2n) is 7.28. The van der Waals surface area contributed by atoms with Gasteiger partial charge in [0.15, 0.2) is 0 Å². The minimum absolute atomic E-state index is 0.0774. The number of amides is 1. The molecule has 0 aromatic heterocycles. The SMILES string of the molecule is CC(N)(C(=O)NCC1(N2CCSCC2)CCCC1)c1ccccc1. The quantitative estimate of drug-likeness (QED) is 0.858. The van der Waals surface area contributed by atoms with Gasteiger partial charge in [-0.05, 0) is 25.3 Å². The zero-order valence-electron chi connectivity index (χ0n) is 14.6. The molecule has 5 heteroatoms. The van der Waals surface area contributed by atoms with Crippen LogP contribution in [0.15, 0.2) is 30.3 Å². The fraction of sp³-hybridized carbons (Fsp3) is 0.632. The molecule has 1 aromatic rings. The maximum absolute atomic E-state index is 12.8. The van der Waals surface area contributed by atoms with Gasteiger partial charge in [0.05, 0.1) is 0 Å². The van der Waals surface area contributed by atoms with Crippen molar-refractivity contribution in [1.29, 1.82) is 0 Å². The maximum atomic E-state index is 12.8. The number of nitrogens with zero attached hydrogens (tertiary/aromatic N) is 1. The summed E-state index contributed by atoms with van der Waals surface area (Å²) in [5.74, 6) is 2.33. The zero-order chi connectivity index (χ0) is 17.0. The largest absolute Gasteiger partial charge is 0.352 e. The van der Waals surface area contributed by atoms with Crippen LogP contribution in [-0.4, -0.2) is 47.5 Å². The Morgan fingerprint density at radius 1 is 1.25 bits per heavy atom. The van der Waals surface area contributed by atoms with Gasteiger partial charge >= 0.3 is 0 Å². The standard InChI is InChI=1S/C19H29N3OS/c1-18(20,16-7-3-2-4-8-16)17(23)21-15-19(9-5-6-10-19)22-11-13-24-14-12-22/h2-4,7-8H,5-6,9-15,20H2,1H3,(H,21,23). The Balaban J connectivity index is 1.67. The Kier molecular flexibility index (Phi) is 5.52. The molecule has 24 heavy (non-hydrogen) atoms. The van der Waals surface area contributed by atoms with Gasteiger partial charge in [0.1, 0.15) is 5.54 Å². The van der Waals surface area contributed by atoms with E-state index in [2.05, 4.69) is 10.2 Å². The molecule has 1 aliphatic carbocycles. The molecule has 2 fully saturated rings. The van der Waals surface area contributed by atoms with E-state index in [-0.39, 0.29) is 11.4 Å². The molecule has 132 valence electrons. The number of nitrogens with one attached hydrogen (secondary N) is 1. The summed E-state index contributed by atoms with van der Waals surface area (Å²) < 4.78 is 0. The van der Waals surface area contributed by atoms with Crippen molar-refractivity contribution >= 4 is 17.7 Å². The highest BCUT2D eigenvalue weighted by Crippen LogP contribution is 2.36. The van der Waals surface area contributed by atoms with Crippen LogP contribution in [0.2, 0.25) is 0 Å². The third kappa shape index (κ3) is 3.63. The summed E-state index contributed by atoms with van der Waals surface area (Å²) in [6.07, 6.45) is 4.89. The predicted octanol–water partition coefficient (Wildman–Crippen LogP) is 2.34. The second-order valence-corrected chi connectivity index (χ2v) is 8.51. The molecule has 1 amide bonds. The van der Waals surface area contributed by atoms with Gasteiger partial charge in [-0.1, -0.05) is 43.2 Å². The van der Waals surface area contributed by atoms with Crippen LogP contribution in [-0.2, 0) is 10.3 Å². The summed E-state index contributed by atoms with van der Waals surface area (Å²) in [5, 5.41) is 3.19. The summed E-state index contributed by atoms with van der Waals surface area (Å²) >= 11 is 2.03. The number of hydrogen-bond donors (Lipinski definition) is 2. The smallest absolute Gasteiger partial charge is 0.244 e. The van der Waals surface area contributed by atoms with Crippen molar-refractivity contribution in [2.24, 2.45) is 5.73 Å². The Bertz CT molecular complexity index is 549. The molecule has 0 radical (unpaired) electrons. The number of carbonyl (C=O) groups is 1. The highest BCUT2D eigenvalue weighted by atomic mass is 32.2. The van der Waals surface area contributed by atoms with Crippen LogP contribution in [0.1, 0.15) is 38.2 Å². The molecule has 1 unspecified atom stereocenters. The van der Waals surface area contributed by atoms with Crippen molar-refractivity contribution in [2.45, 2.75) is 43.7 Å². The lowest BCUT2D eigenvalue weighted by atomic mass is 9.90. The van der Waals surface area contributed by atoms with E-state index in [1.54, 1.807) is 6.92 Å². The Labute approximate surface area is 149 Å². The van der Waals surface area contributed by atoms with Gasteiger partial charge in [0, 0.05) is 36.7 Å². The van der Waals surface area contributed by atoms with Gasteiger partial charge in [0.25, 0.3) is 0 Å². The lowest BCUT2D eigenvalue weighted by molar-refractivity contribution is -0.126. The van der Waals surface area contributed by atoms with Crippen LogP contribution >= 0.6 is 11.8 Å². The Morgan fingerprint density at radius 3 is 2.50 bits per heavy atom. The van der Waals surface area contributed by atoms with Crippen molar-refractivity contribution in [2.75, 3.05) is 31.1 Å². The van der Waals surface area contributed by atoms with Crippen LogP contribution in [0.5, 0.6) is 0 Å². The van der Waals surface area contributed by atoms with E-state index in [1.165, 1.54) is 37.2 Å². The molecule has 0 spiro atoms. The van der Waals surface area contributed by atoms with Crippen LogP contribution < -0.4 is 11.1 Å². The normalized spacial score (nSPS) is 23.6. The first-order chi connectivity index (χ1) is 11.5. The van der Waals surface area contributed by atoms with Crippen LogP contribution in [0, 0.1) is 0 Å². The highest BCUT2D eigenvalue weighted by Gasteiger charge is 2.41. The van der Waals surface area contributed by atoms with E-state index < -0.39 is 5.54 Å². The average molecular weight is 348 g/mol. The Hall–Kier alpha value is -1.04. The first-order valence-corrected chi connectivity index (χ1v) is 10.2. The molecule has 0 bridgehead atoms. The van der Waals surface area contributed by atoms with E-state index in [4.69, 9.17) is 5.73 Å². The summed E-state index contributed by atoms with van der Waals surface area (Å²) in [4.78, 5) is 15.4. The van der Waals surface area contributed by atoms with Gasteiger partial charge in [0.2, 0.25) is 5.91 Å². The molecule has 3 rings (SSSR count). The van der Waals surface area contributed by atoms with E-state index in [1.807, 2.05) is 42.1 Å². The molecule has 1 atom stereocenters. The maximum Gasteiger partial charge on any atom is 0.244 e. The fourth-order valence-electron chi connectivity index (χ4n) is 4.02. The molecule has 1 heterocycles. The topological polar surface area (TPSA) is 58.4 Å². The third-order valence-electron chi connectivity index (χ3n) is 5.64. The van der Waals surface area contributed by atoms with Crippen molar-refractivity contribution < 1.29 is 4.79 Å². The lowest BCUT2D eigenvalue weighted by Gasteiger charge is -2.44. The number of rotatable bonds is 5. The highest BCUT2D eigenvalue weighted by molar-refractivity contribution is 7.99. The fourth-order valence-corrected chi connectivity index (χ4v) is 4.92. The summed E-state index contributed by atoms with van der Waals surface area (Å²) in [5.41, 5.74) is 6.37. The predicted molar refractivity (Wildman–Crippen MR) is 101 cm³/mol. The molecule has 1 saturated carbocycles. The van der Waals surface area contributed by atoms with Gasteiger partial charge in [-0.25, -0.2) is 0 Å². The molecule has 1 aromatic carbocycles. The van der Waals surface area contributed by atoms with Gasteiger partial charge < -0.3 is 11.1 Å². The Morgan fingerprint density at radius 2 is 1.88 bits per heavy atom. The van der Waals surface area contributed by atoms with Gasteiger partial charge in [-0.15, -0.1) is 0 Å². The molecular weight excluding hydrogens is 318 g/mol. The zero-order valence-corrected chi connectivity index (χ0v) is 15.4. The number of hydrogen-bond acceptors (Lipinski definition) is 4. The molecular formula is C19H29N3OS. The van der Waals surface area contributed by atoms with E-state index >= 15 is 0 Å². The minimum Gasteiger partial charge on any atom is -0.352 e. The lowest BCUT2D eigenvalue weighted by Crippen LogP contribution is -2.59. The molecule has 2 aliphatic rings. The first kappa shape index (κ1) is 17.8. The number of carbonyl (C=O) groups excluding carboxylic acids is 1. The van der Waals surface area contributed by atoms with Crippen LogP contribution in [0.4, 0.5) is 0 Å². The van der Waals surface area contributed by atoms with E-state index in [9.17, 15) is 4.79 Å². The number of benzene rings is 1. The number of thioether (sulfide) groups is 1. The molecule has 1 aliphatic heterocycles. The summed E-state index contributed by atoms with van der Waals surface area (Å²) in [6.45, 7) is 4.80. The first-order valence-electron chi connectivity index (χ1n) is 9.00. The van der Waals surface area contributed by atoms with E-state index in [0.717, 1.165) is 25.2 Å². The minimum atomic E-state index is -0.987. The van der Waals surface area contributed by atoms with Crippen molar-refractivity contribution in [3.63, 3.8) is 0 Å². The third-order valence-corrected chi connectivity index (χ3v) is 6.58.